The molecule has 0 aliphatic heterocycles. The number of hydrazone groups is 1. The summed E-state index contributed by atoms with van der Waals surface area (Å²) in [5, 5.41) is 7.59. The van der Waals surface area contributed by atoms with E-state index in [0.29, 0.717) is 5.11 Å². The summed E-state index contributed by atoms with van der Waals surface area (Å²) < 4.78 is 0. The molecule has 4 nitrogen and oxygen atoms in total. The third kappa shape index (κ3) is 4.10. The first-order valence-corrected chi connectivity index (χ1v) is 7.21. The monoisotopic (exact) mass is 298 g/mol. The quantitative estimate of drug-likeness (QED) is 0.518. The second-order valence-electron chi connectivity index (χ2n) is 4.46. The van der Waals surface area contributed by atoms with Crippen molar-refractivity contribution in [2.24, 2.45) is 5.10 Å². The van der Waals surface area contributed by atoms with Crippen molar-refractivity contribution in [3.8, 4) is 11.1 Å². The number of hydrogen-bond acceptors (Lipinski definition) is 3. The Morgan fingerprint density at radius 1 is 1.29 bits per heavy atom. The van der Waals surface area contributed by atoms with Gasteiger partial charge in [0.05, 0.1) is 11.9 Å². The molecule has 1 aromatic heterocycles. The molecular formula is C16H18N4S. The van der Waals surface area contributed by atoms with Crippen molar-refractivity contribution in [2.45, 2.75) is 13.8 Å². The molecule has 108 valence electrons. The minimum absolute atomic E-state index is 0.505. The van der Waals surface area contributed by atoms with Gasteiger partial charge in [0.1, 0.15) is 0 Å². The maximum atomic E-state index is 5.05. The van der Waals surface area contributed by atoms with Gasteiger partial charge in [-0.1, -0.05) is 30.3 Å². The lowest BCUT2D eigenvalue weighted by atomic mass is 10.0. The minimum atomic E-state index is 0.505. The molecule has 0 atom stereocenters. The highest BCUT2D eigenvalue weighted by Crippen LogP contribution is 2.23. The molecule has 2 aromatic rings. The van der Waals surface area contributed by atoms with Crippen LogP contribution in [-0.2, 0) is 0 Å². The first kappa shape index (κ1) is 15.1. The smallest absolute Gasteiger partial charge is 0.186 e. The third-order valence-electron chi connectivity index (χ3n) is 3.02. The van der Waals surface area contributed by atoms with Crippen LogP contribution in [0.25, 0.3) is 11.1 Å². The molecule has 0 fully saturated rings. The average Bonchev–Trinajstić information content (AvgIpc) is 2.50. The fourth-order valence-corrected chi connectivity index (χ4v) is 2.16. The Morgan fingerprint density at radius 3 is 2.76 bits per heavy atom. The molecule has 0 spiro atoms. The number of nitrogens with zero attached hydrogens (tertiary/aromatic N) is 2. The molecular weight excluding hydrogens is 280 g/mol. The summed E-state index contributed by atoms with van der Waals surface area (Å²) >= 11 is 5.05. The highest BCUT2D eigenvalue weighted by molar-refractivity contribution is 7.80. The van der Waals surface area contributed by atoms with Crippen LogP contribution in [0.4, 0.5) is 0 Å². The van der Waals surface area contributed by atoms with Crippen LogP contribution in [0.1, 0.15) is 18.2 Å². The van der Waals surface area contributed by atoms with Gasteiger partial charge in [-0.2, -0.15) is 5.10 Å². The van der Waals surface area contributed by atoms with Gasteiger partial charge in [-0.05, 0) is 48.8 Å². The molecule has 0 bridgehead atoms. The topological polar surface area (TPSA) is 49.3 Å². The number of rotatable bonds is 4. The lowest BCUT2D eigenvalue weighted by Crippen LogP contribution is -2.31. The minimum Gasteiger partial charge on any atom is -0.362 e. The van der Waals surface area contributed by atoms with Crippen LogP contribution in [0, 0.1) is 6.92 Å². The zero-order valence-electron chi connectivity index (χ0n) is 12.1. The van der Waals surface area contributed by atoms with Gasteiger partial charge in [0.25, 0.3) is 0 Å². The zero-order valence-corrected chi connectivity index (χ0v) is 12.9. The number of hydrogen-bond donors (Lipinski definition) is 2. The summed E-state index contributed by atoms with van der Waals surface area (Å²) in [7, 11) is 0. The number of nitrogens with one attached hydrogen (secondary N) is 2. The molecule has 2 N–H and O–H groups in total. The van der Waals surface area contributed by atoms with Crippen LogP contribution in [0.2, 0.25) is 0 Å². The van der Waals surface area contributed by atoms with E-state index in [0.717, 1.165) is 23.4 Å². The van der Waals surface area contributed by atoms with E-state index in [9.17, 15) is 0 Å². The number of benzene rings is 1. The van der Waals surface area contributed by atoms with E-state index in [4.69, 9.17) is 12.2 Å². The largest absolute Gasteiger partial charge is 0.362 e. The van der Waals surface area contributed by atoms with Gasteiger partial charge in [-0.3, -0.25) is 10.4 Å². The first-order valence-electron chi connectivity index (χ1n) is 6.80. The molecule has 0 aliphatic carbocycles. The molecule has 0 unspecified atom stereocenters. The highest BCUT2D eigenvalue weighted by Gasteiger charge is 2.05. The Bertz CT molecular complexity index is 638. The van der Waals surface area contributed by atoms with E-state index in [1.807, 2.05) is 38.1 Å². The van der Waals surface area contributed by atoms with Crippen LogP contribution in [0.5, 0.6) is 0 Å². The molecule has 1 aromatic carbocycles. The van der Waals surface area contributed by atoms with Crippen LogP contribution >= 0.6 is 12.2 Å². The van der Waals surface area contributed by atoms with Crippen molar-refractivity contribution in [3.63, 3.8) is 0 Å². The Balaban J connectivity index is 2.19. The molecule has 0 saturated heterocycles. The van der Waals surface area contributed by atoms with E-state index < -0.39 is 0 Å². The standard InChI is InChI=1S/C16H18N4S/c1-3-17-16(21)20-19-11-15-12(2)14(9-10-18-15)13-7-5-4-6-8-13/h4-11H,3H2,1-2H3,(H2,17,20,21). The maximum absolute atomic E-state index is 5.05. The molecule has 1 heterocycles. The van der Waals surface area contributed by atoms with Crippen molar-refractivity contribution in [1.82, 2.24) is 15.7 Å². The van der Waals surface area contributed by atoms with E-state index in [1.54, 1.807) is 12.4 Å². The lowest BCUT2D eigenvalue weighted by Gasteiger charge is -2.08. The number of pyridine rings is 1. The van der Waals surface area contributed by atoms with E-state index in [2.05, 4.69) is 33.0 Å². The predicted octanol–water partition coefficient (Wildman–Crippen LogP) is 2.87. The van der Waals surface area contributed by atoms with Crippen molar-refractivity contribution >= 4 is 23.5 Å². The summed E-state index contributed by atoms with van der Waals surface area (Å²) in [5.41, 5.74) is 7.00. The van der Waals surface area contributed by atoms with Crippen LogP contribution in [-0.4, -0.2) is 22.9 Å². The molecule has 5 heteroatoms. The van der Waals surface area contributed by atoms with E-state index in [1.165, 1.54) is 5.56 Å². The molecule has 0 radical (unpaired) electrons. The fraction of sp³-hybridized carbons (Fsp3) is 0.188. The number of aromatic nitrogens is 1. The van der Waals surface area contributed by atoms with Gasteiger partial charge in [0, 0.05) is 12.7 Å². The molecule has 0 saturated carbocycles. The summed E-state index contributed by atoms with van der Waals surface area (Å²) in [6, 6.07) is 12.2. The second-order valence-corrected chi connectivity index (χ2v) is 4.87. The van der Waals surface area contributed by atoms with Crippen molar-refractivity contribution in [1.29, 1.82) is 0 Å². The van der Waals surface area contributed by atoms with Gasteiger partial charge in [0.2, 0.25) is 0 Å². The Morgan fingerprint density at radius 2 is 2.05 bits per heavy atom. The molecule has 0 aliphatic rings. The lowest BCUT2D eigenvalue weighted by molar-refractivity contribution is 0.903. The van der Waals surface area contributed by atoms with Crippen LogP contribution < -0.4 is 10.7 Å². The van der Waals surface area contributed by atoms with Gasteiger partial charge >= 0.3 is 0 Å². The molecule has 2 rings (SSSR count). The predicted molar refractivity (Wildman–Crippen MR) is 91.4 cm³/mol. The van der Waals surface area contributed by atoms with Crippen molar-refractivity contribution in [3.05, 3.63) is 53.9 Å². The average molecular weight is 298 g/mol. The zero-order chi connectivity index (χ0) is 15.1. The molecule has 21 heavy (non-hydrogen) atoms. The maximum Gasteiger partial charge on any atom is 0.186 e. The van der Waals surface area contributed by atoms with Crippen LogP contribution in [0.3, 0.4) is 0 Å². The van der Waals surface area contributed by atoms with Gasteiger partial charge in [0.15, 0.2) is 5.11 Å². The van der Waals surface area contributed by atoms with Gasteiger partial charge in [-0.25, -0.2) is 0 Å². The SMILES string of the molecule is CCNC(=S)NN=Cc1nccc(-c2ccccc2)c1C. The summed E-state index contributed by atoms with van der Waals surface area (Å²) in [4.78, 5) is 4.35. The third-order valence-corrected chi connectivity index (χ3v) is 3.25. The second kappa shape index (κ2) is 7.50. The van der Waals surface area contributed by atoms with E-state index in [-0.39, 0.29) is 0 Å². The van der Waals surface area contributed by atoms with Crippen molar-refractivity contribution < 1.29 is 0 Å². The normalized spacial score (nSPS) is 10.6. The van der Waals surface area contributed by atoms with E-state index >= 15 is 0 Å². The van der Waals surface area contributed by atoms with Gasteiger partial charge < -0.3 is 5.32 Å². The summed E-state index contributed by atoms with van der Waals surface area (Å²) in [6.45, 7) is 4.79. The number of thiocarbonyl (C=S) groups is 1. The Labute approximate surface area is 130 Å². The molecule has 0 amide bonds. The summed E-state index contributed by atoms with van der Waals surface area (Å²) in [5.74, 6) is 0. The Hall–Kier alpha value is -2.27. The van der Waals surface area contributed by atoms with Gasteiger partial charge in [-0.15, -0.1) is 0 Å². The van der Waals surface area contributed by atoms with Crippen LogP contribution in [0.15, 0.2) is 47.7 Å². The first-order chi connectivity index (χ1) is 10.2. The van der Waals surface area contributed by atoms with Crippen molar-refractivity contribution in [2.75, 3.05) is 6.54 Å². The summed E-state index contributed by atoms with van der Waals surface area (Å²) in [6.07, 6.45) is 3.48. The highest BCUT2D eigenvalue weighted by atomic mass is 32.1. The Kier molecular flexibility index (Phi) is 5.40. The fourth-order valence-electron chi connectivity index (χ4n) is 1.96.